The van der Waals surface area contributed by atoms with Gasteiger partial charge in [-0.25, -0.2) is 0 Å². The van der Waals surface area contributed by atoms with E-state index in [1.807, 2.05) is 0 Å². The monoisotopic (exact) mass is 252 g/mol. The smallest absolute Gasteiger partial charge is 0.229 e. The Kier molecular flexibility index (Phi) is 4.58. The molecular formula is C12H20N4O2. The summed E-state index contributed by atoms with van der Waals surface area (Å²) in [6.07, 6.45) is 2.47. The molecule has 1 saturated heterocycles. The lowest BCUT2D eigenvalue weighted by Gasteiger charge is -2.22. The summed E-state index contributed by atoms with van der Waals surface area (Å²) in [4.78, 5) is 8.48. The minimum atomic E-state index is 0.506. The maximum absolute atomic E-state index is 5.11. The Bertz CT molecular complexity index is 358. The number of hydrogen-bond donors (Lipinski definition) is 2. The molecule has 0 bridgehead atoms. The molecule has 1 aromatic rings. The topological polar surface area (TPSA) is 68.3 Å². The molecule has 0 radical (unpaired) electrons. The van der Waals surface area contributed by atoms with E-state index >= 15 is 0 Å². The molecular weight excluding hydrogens is 232 g/mol. The molecule has 0 amide bonds. The third-order valence-electron chi connectivity index (χ3n) is 3.05. The second-order valence-electron chi connectivity index (χ2n) is 4.37. The highest BCUT2D eigenvalue weighted by atomic mass is 16.5. The van der Waals surface area contributed by atoms with Crippen molar-refractivity contribution in [3.05, 3.63) is 6.07 Å². The zero-order valence-electron chi connectivity index (χ0n) is 10.9. The highest BCUT2D eigenvalue weighted by Gasteiger charge is 2.13. The summed E-state index contributed by atoms with van der Waals surface area (Å²) in [6.45, 7) is 3.04. The molecule has 100 valence electrons. The average Bonchev–Trinajstić information content (AvgIpc) is 2.45. The van der Waals surface area contributed by atoms with E-state index in [-0.39, 0.29) is 0 Å². The fourth-order valence-electron chi connectivity index (χ4n) is 2.03. The van der Waals surface area contributed by atoms with Gasteiger partial charge in [-0.3, -0.25) is 0 Å². The molecule has 2 N–H and O–H groups in total. The number of anilines is 1. The van der Waals surface area contributed by atoms with Gasteiger partial charge in [0.15, 0.2) is 0 Å². The first-order valence-electron chi connectivity index (χ1n) is 6.23. The summed E-state index contributed by atoms with van der Waals surface area (Å²) in [7, 11) is 3.16. The summed E-state index contributed by atoms with van der Waals surface area (Å²) < 4.78 is 10.2. The second kappa shape index (κ2) is 6.39. The van der Waals surface area contributed by atoms with Gasteiger partial charge in [-0.1, -0.05) is 0 Å². The van der Waals surface area contributed by atoms with Gasteiger partial charge < -0.3 is 20.1 Å². The molecule has 1 unspecified atom stereocenters. The van der Waals surface area contributed by atoms with E-state index in [1.165, 1.54) is 12.8 Å². The summed E-state index contributed by atoms with van der Waals surface area (Å²) in [5.41, 5.74) is 0. The quantitative estimate of drug-likeness (QED) is 0.811. The zero-order chi connectivity index (χ0) is 12.8. The van der Waals surface area contributed by atoms with Gasteiger partial charge in [0.25, 0.3) is 0 Å². The van der Waals surface area contributed by atoms with Crippen LogP contribution in [0.2, 0.25) is 0 Å². The molecule has 0 aliphatic carbocycles. The van der Waals surface area contributed by atoms with Gasteiger partial charge in [-0.05, 0) is 31.8 Å². The molecule has 2 heterocycles. The van der Waals surface area contributed by atoms with Crippen molar-refractivity contribution in [3.63, 3.8) is 0 Å². The maximum Gasteiger partial charge on any atom is 0.229 e. The number of hydrogen-bond acceptors (Lipinski definition) is 6. The van der Waals surface area contributed by atoms with Crippen LogP contribution in [-0.4, -0.2) is 43.8 Å². The van der Waals surface area contributed by atoms with Crippen LogP contribution in [-0.2, 0) is 0 Å². The maximum atomic E-state index is 5.11. The van der Waals surface area contributed by atoms with Crippen molar-refractivity contribution < 1.29 is 9.47 Å². The lowest BCUT2D eigenvalue weighted by Crippen LogP contribution is -2.33. The summed E-state index contributed by atoms with van der Waals surface area (Å²) in [5, 5.41) is 6.63. The van der Waals surface area contributed by atoms with Crippen molar-refractivity contribution in [1.29, 1.82) is 0 Å². The van der Waals surface area contributed by atoms with Gasteiger partial charge in [0.1, 0.15) is 0 Å². The highest BCUT2D eigenvalue weighted by Crippen LogP contribution is 2.18. The molecule has 1 aliphatic heterocycles. The number of nitrogens with one attached hydrogen (secondary N) is 2. The van der Waals surface area contributed by atoms with Gasteiger partial charge in [-0.15, -0.1) is 0 Å². The Morgan fingerprint density at radius 1 is 1.33 bits per heavy atom. The zero-order valence-corrected chi connectivity index (χ0v) is 10.9. The SMILES string of the molecule is COc1cc(OC)nc(NCC2CCCNC2)n1. The third kappa shape index (κ3) is 3.46. The van der Waals surface area contributed by atoms with E-state index in [0.29, 0.717) is 23.6 Å². The predicted octanol–water partition coefficient (Wildman–Crippen LogP) is 0.905. The van der Waals surface area contributed by atoms with Crippen molar-refractivity contribution in [2.45, 2.75) is 12.8 Å². The van der Waals surface area contributed by atoms with Crippen LogP contribution in [0.4, 0.5) is 5.95 Å². The Morgan fingerprint density at radius 2 is 2.06 bits per heavy atom. The largest absolute Gasteiger partial charge is 0.481 e. The van der Waals surface area contributed by atoms with E-state index in [4.69, 9.17) is 9.47 Å². The highest BCUT2D eigenvalue weighted by molar-refractivity contribution is 5.33. The molecule has 1 fully saturated rings. The van der Waals surface area contributed by atoms with Crippen LogP contribution in [0.25, 0.3) is 0 Å². The van der Waals surface area contributed by atoms with Gasteiger partial charge in [0.2, 0.25) is 17.7 Å². The van der Waals surface area contributed by atoms with Gasteiger partial charge >= 0.3 is 0 Å². The Labute approximate surface area is 107 Å². The second-order valence-corrected chi connectivity index (χ2v) is 4.37. The molecule has 1 aromatic heterocycles. The fraction of sp³-hybridized carbons (Fsp3) is 0.667. The number of aromatic nitrogens is 2. The molecule has 6 heteroatoms. The lowest BCUT2D eigenvalue weighted by molar-refractivity contribution is 0.371. The number of ether oxygens (including phenoxy) is 2. The number of nitrogens with zero attached hydrogens (tertiary/aromatic N) is 2. The standard InChI is InChI=1S/C12H20N4O2/c1-17-10-6-11(18-2)16-12(15-10)14-8-9-4-3-5-13-7-9/h6,9,13H,3-5,7-8H2,1-2H3,(H,14,15,16). The number of piperidine rings is 1. The van der Waals surface area contributed by atoms with Gasteiger partial charge in [0.05, 0.1) is 20.3 Å². The first-order valence-corrected chi connectivity index (χ1v) is 6.23. The first kappa shape index (κ1) is 12.9. The minimum Gasteiger partial charge on any atom is -0.481 e. The van der Waals surface area contributed by atoms with Crippen molar-refractivity contribution in [3.8, 4) is 11.8 Å². The predicted molar refractivity (Wildman–Crippen MR) is 69.2 cm³/mol. The van der Waals surface area contributed by atoms with Crippen LogP contribution in [0.3, 0.4) is 0 Å². The van der Waals surface area contributed by atoms with Gasteiger partial charge in [0, 0.05) is 6.54 Å². The molecule has 0 aromatic carbocycles. The molecule has 0 saturated carbocycles. The van der Waals surface area contributed by atoms with Crippen LogP contribution < -0.4 is 20.1 Å². The van der Waals surface area contributed by atoms with E-state index in [9.17, 15) is 0 Å². The Balaban J connectivity index is 1.94. The van der Waals surface area contributed by atoms with E-state index in [0.717, 1.165) is 19.6 Å². The summed E-state index contributed by atoms with van der Waals surface area (Å²) in [5.74, 6) is 2.19. The summed E-state index contributed by atoms with van der Waals surface area (Å²) >= 11 is 0. The van der Waals surface area contributed by atoms with Crippen molar-refractivity contribution in [2.24, 2.45) is 5.92 Å². The molecule has 0 spiro atoms. The fourth-order valence-corrected chi connectivity index (χ4v) is 2.03. The van der Waals surface area contributed by atoms with Crippen molar-refractivity contribution >= 4 is 5.95 Å². The molecule has 2 rings (SSSR count). The molecule has 18 heavy (non-hydrogen) atoms. The minimum absolute atomic E-state index is 0.506. The van der Waals surface area contributed by atoms with Crippen LogP contribution in [0.15, 0.2) is 6.07 Å². The number of methoxy groups -OCH3 is 2. The average molecular weight is 252 g/mol. The van der Waals surface area contributed by atoms with Crippen LogP contribution in [0.1, 0.15) is 12.8 Å². The summed E-state index contributed by atoms with van der Waals surface area (Å²) in [6, 6.07) is 1.66. The Hall–Kier alpha value is -1.56. The van der Waals surface area contributed by atoms with E-state index < -0.39 is 0 Å². The normalized spacial score (nSPS) is 19.3. The molecule has 1 atom stereocenters. The van der Waals surface area contributed by atoms with E-state index in [2.05, 4.69) is 20.6 Å². The van der Waals surface area contributed by atoms with Crippen molar-refractivity contribution in [2.75, 3.05) is 39.2 Å². The van der Waals surface area contributed by atoms with Crippen LogP contribution in [0.5, 0.6) is 11.8 Å². The third-order valence-corrected chi connectivity index (χ3v) is 3.05. The Morgan fingerprint density at radius 3 is 2.61 bits per heavy atom. The van der Waals surface area contributed by atoms with Gasteiger partial charge in [-0.2, -0.15) is 9.97 Å². The van der Waals surface area contributed by atoms with E-state index in [1.54, 1.807) is 20.3 Å². The first-order chi connectivity index (χ1) is 8.81. The molecule has 1 aliphatic rings. The van der Waals surface area contributed by atoms with Crippen molar-refractivity contribution in [1.82, 2.24) is 15.3 Å². The number of rotatable bonds is 5. The molecule has 6 nitrogen and oxygen atoms in total. The van der Waals surface area contributed by atoms with Crippen LogP contribution >= 0.6 is 0 Å². The van der Waals surface area contributed by atoms with Crippen LogP contribution in [0, 0.1) is 5.92 Å². The lowest BCUT2D eigenvalue weighted by atomic mass is 10.00.